The number of benzene rings is 2. The predicted molar refractivity (Wildman–Crippen MR) is 113 cm³/mol. The molecule has 32 heavy (non-hydrogen) atoms. The third-order valence-corrected chi connectivity index (χ3v) is 4.88. The van der Waals surface area contributed by atoms with Gasteiger partial charge in [-0.25, -0.2) is 0 Å². The number of ether oxygens (including phenoxy) is 2. The lowest BCUT2D eigenvalue weighted by atomic mass is 10.1. The third kappa shape index (κ3) is 4.83. The van der Waals surface area contributed by atoms with Crippen LogP contribution < -0.4 is 10.2 Å². The summed E-state index contributed by atoms with van der Waals surface area (Å²) in [7, 11) is 0. The summed E-state index contributed by atoms with van der Waals surface area (Å²) in [6, 6.07) is 12.9. The molecule has 0 aliphatic carbocycles. The number of hydrogen-bond acceptors (Lipinski definition) is 4. The van der Waals surface area contributed by atoms with Gasteiger partial charge in [0.15, 0.2) is 5.43 Å². The molecule has 166 valence electrons. The standard InChI is InChI=1S/C23H20F3N3O3/c1-2-31-14-19-21(28-20-6-4-3-5-18(20)22(19)30)16-11-27-29(13-16)12-15-7-9-17(10-8-15)32-23(24,25)26/h3-11,13H,2,12,14H2,1H3,(H,28,30). The number of hydrogen-bond donors (Lipinski definition) is 1. The first kappa shape index (κ1) is 21.6. The molecule has 0 amide bonds. The number of H-pyrrole nitrogens is 1. The summed E-state index contributed by atoms with van der Waals surface area (Å²) in [6.45, 7) is 2.83. The van der Waals surface area contributed by atoms with Crippen LogP contribution in [0.4, 0.5) is 13.2 Å². The SMILES string of the molecule is CCOCc1c(-c2cnn(Cc3ccc(OC(F)(F)F)cc3)c2)[nH]c2ccccc2c1=O. The molecule has 0 saturated heterocycles. The maximum Gasteiger partial charge on any atom is 0.573 e. The van der Waals surface area contributed by atoms with Crippen molar-refractivity contribution >= 4 is 10.9 Å². The van der Waals surface area contributed by atoms with Gasteiger partial charge in [-0.3, -0.25) is 9.48 Å². The highest BCUT2D eigenvalue weighted by Crippen LogP contribution is 2.25. The molecule has 0 aliphatic heterocycles. The number of pyridine rings is 1. The van der Waals surface area contributed by atoms with Crippen LogP contribution in [0.25, 0.3) is 22.2 Å². The molecule has 2 aromatic carbocycles. The summed E-state index contributed by atoms with van der Waals surface area (Å²) in [5.41, 5.74) is 3.20. The molecular weight excluding hydrogens is 423 g/mol. The average Bonchev–Trinajstić information content (AvgIpc) is 3.22. The van der Waals surface area contributed by atoms with Crippen molar-refractivity contribution in [3.05, 3.63) is 82.3 Å². The molecule has 0 bridgehead atoms. The number of nitrogens with zero attached hydrogens (tertiary/aromatic N) is 2. The zero-order valence-electron chi connectivity index (χ0n) is 17.1. The maximum atomic E-state index is 13.0. The lowest BCUT2D eigenvalue weighted by Crippen LogP contribution is -2.17. The Morgan fingerprint density at radius 3 is 2.56 bits per heavy atom. The summed E-state index contributed by atoms with van der Waals surface area (Å²) in [5.74, 6) is -0.281. The Morgan fingerprint density at radius 2 is 1.84 bits per heavy atom. The molecule has 0 atom stereocenters. The second kappa shape index (κ2) is 8.88. The number of nitrogens with one attached hydrogen (secondary N) is 1. The molecule has 4 rings (SSSR count). The Morgan fingerprint density at radius 1 is 1.09 bits per heavy atom. The lowest BCUT2D eigenvalue weighted by molar-refractivity contribution is -0.274. The summed E-state index contributed by atoms with van der Waals surface area (Å²) in [6.07, 6.45) is -1.32. The van der Waals surface area contributed by atoms with E-state index in [4.69, 9.17) is 4.74 Å². The molecular formula is C23H20F3N3O3. The van der Waals surface area contributed by atoms with E-state index in [-0.39, 0.29) is 17.8 Å². The van der Waals surface area contributed by atoms with E-state index in [9.17, 15) is 18.0 Å². The minimum Gasteiger partial charge on any atom is -0.406 e. The fraction of sp³-hybridized carbons (Fsp3) is 0.217. The van der Waals surface area contributed by atoms with Crippen molar-refractivity contribution in [2.45, 2.75) is 26.4 Å². The van der Waals surface area contributed by atoms with E-state index in [2.05, 4.69) is 14.8 Å². The fourth-order valence-electron chi connectivity index (χ4n) is 3.43. The first-order valence-electron chi connectivity index (χ1n) is 9.93. The van der Waals surface area contributed by atoms with Gasteiger partial charge < -0.3 is 14.5 Å². The highest BCUT2D eigenvalue weighted by atomic mass is 19.4. The number of aromatic amines is 1. The van der Waals surface area contributed by atoms with Gasteiger partial charge in [-0.2, -0.15) is 5.10 Å². The van der Waals surface area contributed by atoms with Gasteiger partial charge in [-0.15, -0.1) is 13.2 Å². The Kier molecular flexibility index (Phi) is 6.00. The predicted octanol–water partition coefficient (Wildman–Crippen LogP) is 4.88. The quantitative estimate of drug-likeness (QED) is 0.442. The Labute approximate surface area is 181 Å². The van der Waals surface area contributed by atoms with E-state index in [0.29, 0.717) is 40.9 Å². The highest BCUT2D eigenvalue weighted by molar-refractivity contribution is 5.83. The molecule has 4 aromatic rings. The van der Waals surface area contributed by atoms with Gasteiger partial charge in [0.25, 0.3) is 0 Å². The maximum absolute atomic E-state index is 13.0. The summed E-state index contributed by atoms with van der Waals surface area (Å²) in [4.78, 5) is 16.3. The molecule has 6 nitrogen and oxygen atoms in total. The van der Waals surface area contributed by atoms with Crippen molar-refractivity contribution in [2.24, 2.45) is 0 Å². The molecule has 1 N–H and O–H groups in total. The number of halogens is 3. The molecule has 0 unspecified atom stereocenters. The van der Waals surface area contributed by atoms with E-state index >= 15 is 0 Å². The summed E-state index contributed by atoms with van der Waals surface area (Å²) >= 11 is 0. The molecule has 0 saturated carbocycles. The van der Waals surface area contributed by atoms with E-state index in [1.54, 1.807) is 35.3 Å². The number of aromatic nitrogens is 3. The first-order valence-corrected chi connectivity index (χ1v) is 9.93. The molecule has 0 spiro atoms. The Balaban J connectivity index is 1.62. The van der Waals surface area contributed by atoms with E-state index in [1.165, 1.54) is 12.1 Å². The van der Waals surface area contributed by atoms with E-state index in [0.717, 1.165) is 5.56 Å². The lowest BCUT2D eigenvalue weighted by Gasteiger charge is -2.10. The van der Waals surface area contributed by atoms with Crippen molar-refractivity contribution in [1.29, 1.82) is 0 Å². The van der Waals surface area contributed by atoms with Gasteiger partial charge in [-0.1, -0.05) is 24.3 Å². The van der Waals surface area contributed by atoms with Crippen LogP contribution in [-0.2, 0) is 17.9 Å². The number of fused-ring (bicyclic) bond motifs is 1. The summed E-state index contributed by atoms with van der Waals surface area (Å²) < 4.78 is 48.0. The van der Waals surface area contributed by atoms with E-state index < -0.39 is 6.36 Å². The fourth-order valence-corrected chi connectivity index (χ4v) is 3.43. The van der Waals surface area contributed by atoms with Gasteiger partial charge in [-0.05, 0) is 36.8 Å². The van der Waals surface area contributed by atoms with Gasteiger partial charge >= 0.3 is 6.36 Å². The largest absolute Gasteiger partial charge is 0.573 e. The third-order valence-electron chi connectivity index (χ3n) is 4.88. The van der Waals surface area contributed by atoms with Crippen LogP contribution in [0.2, 0.25) is 0 Å². The van der Waals surface area contributed by atoms with Crippen molar-refractivity contribution < 1.29 is 22.6 Å². The second-order valence-corrected chi connectivity index (χ2v) is 7.11. The molecule has 0 aliphatic rings. The van der Waals surface area contributed by atoms with Crippen LogP contribution in [-0.4, -0.2) is 27.7 Å². The highest BCUT2D eigenvalue weighted by Gasteiger charge is 2.30. The monoisotopic (exact) mass is 443 g/mol. The van der Waals surface area contributed by atoms with Gasteiger partial charge in [0.2, 0.25) is 0 Å². The van der Waals surface area contributed by atoms with Crippen molar-refractivity contribution in [3.8, 4) is 17.0 Å². The van der Waals surface area contributed by atoms with Gasteiger partial charge in [0.05, 0.1) is 25.0 Å². The normalized spacial score (nSPS) is 11.8. The molecule has 2 aromatic heterocycles. The zero-order chi connectivity index (χ0) is 22.7. The van der Waals surface area contributed by atoms with E-state index in [1.807, 2.05) is 25.1 Å². The first-order chi connectivity index (χ1) is 15.3. The average molecular weight is 443 g/mol. The van der Waals surface area contributed by atoms with Crippen LogP contribution in [0.15, 0.2) is 65.7 Å². The van der Waals surface area contributed by atoms with Crippen molar-refractivity contribution in [2.75, 3.05) is 6.61 Å². The molecule has 0 radical (unpaired) electrons. The van der Waals surface area contributed by atoms with Crippen LogP contribution in [0, 0.1) is 0 Å². The molecule has 0 fully saturated rings. The minimum absolute atomic E-state index is 0.101. The van der Waals surface area contributed by atoms with Gasteiger partial charge in [0, 0.05) is 34.8 Å². The zero-order valence-corrected chi connectivity index (χ0v) is 17.1. The molecule has 2 heterocycles. The van der Waals surface area contributed by atoms with Crippen molar-refractivity contribution in [1.82, 2.24) is 14.8 Å². The van der Waals surface area contributed by atoms with Gasteiger partial charge in [0.1, 0.15) is 5.75 Å². The number of rotatable bonds is 7. The molecule has 9 heteroatoms. The second-order valence-electron chi connectivity index (χ2n) is 7.11. The van der Waals surface area contributed by atoms with Crippen LogP contribution >= 0.6 is 0 Å². The Bertz CT molecular complexity index is 1280. The number of para-hydroxylation sites is 1. The summed E-state index contributed by atoms with van der Waals surface area (Å²) in [5, 5.41) is 4.93. The smallest absolute Gasteiger partial charge is 0.406 e. The minimum atomic E-state index is -4.73. The number of alkyl halides is 3. The Hall–Kier alpha value is -3.59. The topological polar surface area (TPSA) is 69.1 Å². The van der Waals surface area contributed by atoms with Crippen LogP contribution in [0.3, 0.4) is 0 Å². The van der Waals surface area contributed by atoms with Crippen molar-refractivity contribution in [3.63, 3.8) is 0 Å². The van der Waals surface area contributed by atoms with Crippen LogP contribution in [0.5, 0.6) is 5.75 Å². The van der Waals surface area contributed by atoms with Crippen LogP contribution in [0.1, 0.15) is 18.1 Å².